The minimum Gasteiger partial charge on any atom is -0.330 e. The monoisotopic (exact) mass is 268 g/mol. The lowest BCUT2D eigenvalue weighted by atomic mass is 10.0. The smallest absolute Gasteiger partial charge is 0.240 e. The largest absolute Gasteiger partial charge is 0.330 e. The van der Waals surface area contributed by atoms with Crippen LogP contribution in [-0.2, 0) is 4.79 Å². The van der Waals surface area contributed by atoms with E-state index in [0.717, 1.165) is 6.42 Å². The van der Waals surface area contributed by atoms with Gasteiger partial charge in [-0.25, -0.2) is 4.98 Å². The number of aromatic nitrogens is 1. The Morgan fingerprint density at radius 3 is 3.17 bits per heavy atom. The van der Waals surface area contributed by atoms with Crippen LogP contribution in [0.2, 0.25) is 0 Å². The van der Waals surface area contributed by atoms with E-state index in [0.29, 0.717) is 30.2 Å². The number of amides is 1. The molecule has 0 radical (unpaired) electrons. The third-order valence-corrected chi connectivity index (χ3v) is 4.25. The van der Waals surface area contributed by atoms with Gasteiger partial charge < -0.3 is 11.1 Å². The summed E-state index contributed by atoms with van der Waals surface area (Å²) in [4.78, 5) is 18.0. The van der Waals surface area contributed by atoms with E-state index in [2.05, 4.69) is 15.2 Å². The van der Waals surface area contributed by atoms with Crippen LogP contribution >= 0.6 is 11.3 Å². The van der Waals surface area contributed by atoms with Crippen LogP contribution in [0, 0.1) is 5.92 Å². The first-order valence-electron chi connectivity index (χ1n) is 6.30. The lowest BCUT2D eigenvalue weighted by molar-refractivity contribution is -0.117. The Hall–Kier alpha value is -0.980. The van der Waals surface area contributed by atoms with E-state index in [1.54, 1.807) is 6.20 Å². The Morgan fingerprint density at radius 2 is 2.50 bits per heavy atom. The first-order valence-corrected chi connectivity index (χ1v) is 7.18. The van der Waals surface area contributed by atoms with Gasteiger partial charge in [0.25, 0.3) is 0 Å². The summed E-state index contributed by atoms with van der Waals surface area (Å²) in [5, 5.41) is 5.31. The van der Waals surface area contributed by atoms with Crippen molar-refractivity contribution in [2.45, 2.75) is 25.3 Å². The van der Waals surface area contributed by atoms with Crippen molar-refractivity contribution in [1.29, 1.82) is 0 Å². The van der Waals surface area contributed by atoms with Crippen LogP contribution in [0.15, 0.2) is 11.6 Å². The average Bonchev–Trinajstić information content (AvgIpc) is 2.97. The van der Waals surface area contributed by atoms with E-state index in [9.17, 15) is 4.79 Å². The highest BCUT2D eigenvalue weighted by Gasteiger charge is 2.30. The van der Waals surface area contributed by atoms with Gasteiger partial charge in [0.2, 0.25) is 5.91 Å². The summed E-state index contributed by atoms with van der Waals surface area (Å²) in [5.74, 6) is 0.526. The topological polar surface area (TPSA) is 71.2 Å². The summed E-state index contributed by atoms with van der Waals surface area (Å²) in [6.45, 7) is 1.11. The number of carbonyl (C=O) groups excluding carboxylic acids is 1. The van der Waals surface area contributed by atoms with Crippen molar-refractivity contribution in [3.8, 4) is 0 Å². The Morgan fingerprint density at radius 1 is 1.67 bits per heavy atom. The highest BCUT2D eigenvalue weighted by molar-refractivity contribution is 7.13. The Bertz CT molecular complexity index is 381. The van der Waals surface area contributed by atoms with Gasteiger partial charge in [-0.3, -0.25) is 9.69 Å². The van der Waals surface area contributed by atoms with Gasteiger partial charge in [0, 0.05) is 17.6 Å². The summed E-state index contributed by atoms with van der Waals surface area (Å²) in [6, 6.07) is 0.442. The summed E-state index contributed by atoms with van der Waals surface area (Å²) >= 11 is 1.43. The highest BCUT2D eigenvalue weighted by atomic mass is 32.1. The lowest BCUT2D eigenvalue weighted by Gasteiger charge is -2.28. The van der Waals surface area contributed by atoms with Gasteiger partial charge in [-0.1, -0.05) is 6.42 Å². The molecule has 18 heavy (non-hydrogen) atoms. The van der Waals surface area contributed by atoms with E-state index >= 15 is 0 Å². The number of rotatable bonds is 5. The number of nitrogens with zero attached hydrogens (tertiary/aromatic N) is 2. The molecule has 1 aliphatic rings. The summed E-state index contributed by atoms with van der Waals surface area (Å²) in [5.41, 5.74) is 5.77. The average molecular weight is 268 g/mol. The molecular formula is C12H20N4OS. The molecule has 1 saturated carbocycles. The van der Waals surface area contributed by atoms with Crippen LogP contribution in [0.1, 0.15) is 19.3 Å². The molecular weight excluding hydrogens is 248 g/mol. The zero-order valence-electron chi connectivity index (χ0n) is 10.6. The third kappa shape index (κ3) is 3.28. The molecule has 1 fully saturated rings. The van der Waals surface area contributed by atoms with Crippen molar-refractivity contribution in [3.63, 3.8) is 0 Å². The number of carbonyl (C=O) groups is 1. The Balaban J connectivity index is 1.83. The molecule has 0 spiro atoms. The first kappa shape index (κ1) is 13.5. The Labute approximate surface area is 111 Å². The number of anilines is 1. The van der Waals surface area contributed by atoms with Crippen LogP contribution in [0.4, 0.5) is 5.13 Å². The van der Waals surface area contributed by atoms with Crippen molar-refractivity contribution >= 4 is 22.4 Å². The minimum atomic E-state index is -0.00452. The van der Waals surface area contributed by atoms with E-state index < -0.39 is 0 Å². The maximum Gasteiger partial charge on any atom is 0.240 e. The van der Waals surface area contributed by atoms with Gasteiger partial charge in [-0.2, -0.15) is 0 Å². The molecule has 1 heterocycles. The standard InChI is InChI=1S/C12H20N4OS/c1-16(10-4-2-3-9(10)7-13)8-11(17)15-12-14-5-6-18-12/h5-6,9-10H,2-4,7-8,13H2,1H3,(H,14,15,17). The van der Waals surface area contributed by atoms with Crippen LogP contribution in [-0.4, -0.2) is 42.0 Å². The quantitative estimate of drug-likeness (QED) is 0.840. The molecule has 0 aliphatic heterocycles. The second kappa shape index (κ2) is 6.26. The van der Waals surface area contributed by atoms with E-state index in [-0.39, 0.29) is 5.91 Å². The number of nitrogens with two attached hydrogens (primary N) is 1. The zero-order valence-corrected chi connectivity index (χ0v) is 11.4. The summed E-state index contributed by atoms with van der Waals surface area (Å²) in [6.07, 6.45) is 5.22. The third-order valence-electron chi connectivity index (χ3n) is 3.56. The molecule has 2 atom stereocenters. The number of likely N-dealkylation sites (N-methyl/N-ethyl adjacent to an activating group) is 1. The number of hydrogen-bond acceptors (Lipinski definition) is 5. The second-order valence-corrected chi connectivity index (χ2v) is 5.69. The van der Waals surface area contributed by atoms with E-state index in [4.69, 9.17) is 5.73 Å². The minimum absolute atomic E-state index is 0.00452. The van der Waals surface area contributed by atoms with Crippen molar-refractivity contribution in [2.24, 2.45) is 11.7 Å². The fraction of sp³-hybridized carbons (Fsp3) is 0.667. The van der Waals surface area contributed by atoms with Gasteiger partial charge in [0.15, 0.2) is 5.13 Å². The lowest BCUT2D eigenvalue weighted by Crippen LogP contribution is -2.41. The predicted molar refractivity (Wildman–Crippen MR) is 73.6 cm³/mol. The second-order valence-electron chi connectivity index (χ2n) is 4.79. The van der Waals surface area contributed by atoms with E-state index in [1.165, 1.54) is 24.2 Å². The summed E-state index contributed by atoms with van der Waals surface area (Å²) < 4.78 is 0. The fourth-order valence-corrected chi connectivity index (χ4v) is 3.21. The molecule has 1 aromatic heterocycles. The molecule has 2 rings (SSSR count). The molecule has 100 valence electrons. The number of nitrogens with one attached hydrogen (secondary N) is 1. The van der Waals surface area contributed by atoms with Crippen molar-refractivity contribution in [3.05, 3.63) is 11.6 Å². The molecule has 0 saturated heterocycles. The highest BCUT2D eigenvalue weighted by Crippen LogP contribution is 2.28. The Kier molecular flexibility index (Phi) is 4.68. The van der Waals surface area contributed by atoms with Gasteiger partial charge in [0.05, 0.1) is 6.54 Å². The molecule has 5 nitrogen and oxygen atoms in total. The predicted octanol–water partition coefficient (Wildman–Crippen LogP) is 1.14. The SMILES string of the molecule is CN(CC(=O)Nc1nccs1)C1CCCC1CN. The molecule has 2 unspecified atom stereocenters. The van der Waals surface area contributed by atoms with Crippen molar-refractivity contribution in [2.75, 3.05) is 25.5 Å². The molecule has 3 N–H and O–H groups in total. The molecule has 1 aromatic rings. The van der Waals surface area contributed by atoms with Gasteiger partial charge in [-0.05, 0) is 32.4 Å². The fourth-order valence-electron chi connectivity index (χ4n) is 2.66. The van der Waals surface area contributed by atoms with Crippen LogP contribution < -0.4 is 11.1 Å². The molecule has 0 bridgehead atoms. The summed E-state index contributed by atoms with van der Waals surface area (Å²) in [7, 11) is 2.00. The molecule has 1 aliphatic carbocycles. The van der Waals surface area contributed by atoms with Crippen molar-refractivity contribution in [1.82, 2.24) is 9.88 Å². The first-order chi connectivity index (χ1) is 8.70. The zero-order chi connectivity index (χ0) is 13.0. The van der Waals surface area contributed by atoms with Crippen molar-refractivity contribution < 1.29 is 4.79 Å². The van der Waals surface area contributed by atoms with Gasteiger partial charge >= 0.3 is 0 Å². The molecule has 0 aromatic carbocycles. The van der Waals surface area contributed by atoms with E-state index in [1.807, 2.05) is 12.4 Å². The number of hydrogen-bond donors (Lipinski definition) is 2. The molecule has 1 amide bonds. The van der Waals surface area contributed by atoms with Gasteiger partial charge in [0.1, 0.15) is 0 Å². The maximum atomic E-state index is 11.9. The normalized spacial score (nSPS) is 23.5. The number of thiazole rings is 1. The van der Waals surface area contributed by atoms with Gasteiger partial charge in [-0.15, -0.1) is 11.3 Å². The maximum absolute atomic E-state index is 11.9. The van der Waals surface area contributed by atoms with Crippen LogP contribution in [0.25, 0.3) is 0 Å². The van der Waals surface area contributed by atoms with Crippen LogP contribution in [0.5, 0.6) is 0 Å². The molecule has 6 heteroatoms. The van der Waals surface area contributed by atoms with Crippen LogP contribution in [0.3, 0.4) is 0 Å².